The average Bonchev–Trinajstić information content (AvgIpc) is 3.71. The van der Waals surface area contributed by atoms with Gasteiger partial charge in [-0.1, -0.05) is 50.1 Å². The molecule has 0 radical (unpaired) electrons. The number of benzene rings is 1. The third kappa shape index (κ3) is 8.06. The van der Waals surface area contributed by atoms with E-state index in [-0.39, 0.29) is 37.4 Å². The minimum absolute atomic E-state index is 0.00539. The van der Waals surface area contributed by atoms with E-state index in [0.717, 1.165) is 6.42 Å². The van der Waals surface area contributed by atoms with Crippen LogP contribution >= 0.6 is 7.34 Å². The summed E-state index contributed by atoms with van der Waals surface area (Å²) in [4.78, 5) is 92.6. The quantitative estimate of drug-likeness (QED) is 0.233. The molecule has 0 unspecified atom stereocenters. The van der Waals surface area contributed by atoms with Crippen LogP contribution in [0.5, 0.6) is 0 Å². The van der Waals surface area contributed by atoms with Gasteiger partial charge in [0, 0.05) is 32.1 Å². The largest absolute Gasteiger partial charge is 0.394 e. The summed E-state index contributed by atoms with van der Waals surface area (Å²) in [5, 5.41) is 18.1. The van der Waals surface area contributed by atoms with Crippen molar-refractivity contribution in [1.82, 2.24) is 25.8 Å². The van der Waals surface area contributed by atoms with Crippen molar-refractivity contribution in [3.8, 4) is 0 Å². The Morgan fingerprint density at radius 2 is 1.50 bits per heavy atom. The molecule has 3 aliphatic rings. The van der Waals surface area contributed by atoms with Gasteiger partial charge in [0.25, 0.3) is 0 Å². The van der Waals surface area contributed by atoms with Crippen LogP contribution in [0.25, 0.3) is 0 Å². The minimum atomic E-state index is -4.01. The fourth-order valence-electron chi connectivity index (χ4n) is 6.05. The molecule has 1 aromatic rings. The summed E-state index contributed by atoms with van der Waals surface area (Å²) in [5.74, 6) is -2.82. The van der Waals surface area contributed by atoms with Gasteiger partial charge in [-0.3, -0.25) is 24.0 Å². The average molecular weight is 634 g/mol. The van der Waals surface area contributed by atoms with Crippen LogP contribution in [0.1, 0.15) is 63.9 Å². The lowest BCUT2D eigenvalue weighted by Crippen LogP contribution is -2.59. The normalized spacial score (nSPS) is 27.2. The molecule has 3 heterocycles. The van der Waals surface area contributed by atoms with E-state index < -0.39 is 67.7 Å². The van der Waals surface area contributed by atoms with Crippen LogP contribution in [-0.4, -0.2) is 110 Å². The maximum Gasteiger partial charge on any atom is 0.248 e. The van der Waals surface area contributed by atoms with Gasteiger partial charge in [-0.05, 0) is 37.7 Å². The van der Waals surface area contributed by atoms with Crippen molar-refractivity contribution in [1.29, 1.82) is 0 Å². The zero-order chi connectivity index (χ0) is 31.9. The number of nitrogens with zero attached hydrogens (tertiary/aromatic N) is 2. The second kappa shape index (κ2) is 15.2. The highest BCUT2D eigenvalue weighted by molar-refractivity contribution is 7.65. The van der Waals surface area contributed by atoms with Crippen molar-refractivity contribution in [2.75, 3.05) is 25.9 Å². The molecule has 5 amide bonds. The van der Waals surface area contributed by atoms with Crippen molar-refractivity contribution >= 4 is 42.3 Å². The molecule has 44 heavy (non-hydrogen) atoms. The lowest BCUT2D eigenvalue weighted by molar-refractivity contribution is -0.143. The predicted molar refractivity (Wildman–Crippen MR) is 164 cm³/mol. The van der Waals surface area contributed by atoms with Gasteiger partial charge in [-0.2, -0.15) is 0 Å². The van der Waals surface area contributed by atoms with E-state index in [1.54, 1.807) is 24.3 Å². The van der Waals surface area contributed by atoms with E-state index in [1.807, 2.05) is 13.0 Å². The standard InChI is InChI=1S/C30H44N5O8P/c1-2-3-11-21-27(38)32-22(19-36)30(41)35-16-8-13-24(35)29(40)33-25(18-20-9-5-4-6-10-20)44(42,43)17-14-26(37)34-15-7-12-23(34)28(39)31-21/h4-6,9-10,21-24,36,42-43H,2-3,7-8,11-19H2,1H3,(H,31,39)(H,32,38)(H,33,40)/t21-,22-,23-,24-/m1/s1. The summed E-state index contributed by atoms with van der Waals surface area (Å²) in [7, 11) is -4.01. The Morgan fingerprint density at radius 1 is 0.864 bits per heavy atom. The molecule has 4 rings (SSSR count). The van der Waals surface area contributed by atoms with E-state index in [4.69, 9.17) is 0 Å². The van der Waals surface area contributed by atoms with Crippen LogP contribution in [0.15, 0.2) is 30.3 Å². The number of nitrogens with one attached hydrogen (secondary N) is 3. The van der Waals surface area contributed by atoms with Gasteiger partial charge in [0.1, 0.15) is 31.5 Å². The molecule has 6 N–H and O–H groups in total. The zero-order valence-electron chi connectivity index (χ0n) is 25.1. The first-order chi connectivity index (χ1) is 21.1. The van der Waals surface area contributed by atoms with Crippen molar-refractivity contribution < 1.29 is 38.9 Å². The fraction of sp³-hybridized carbons (Fsp3) is 0.600. The maximum atomic E-state index is 13.6. The van der Waals surface area contributed by atoms with Gasteiger partial charge in [0.2, 0.25) is 29.5 Å². The van der Waals surface area contributed by atoms with Gasteiger partial charge in [0.05, 0.1) is 12.0 Å². The third-order valence-electron chi connectivity index (χ3n) is 8.54. The van der Waals surface area contributed by atoms with E-state index >= 15 is 0 Å². The van der Waals surface area contributed by atoms with Gasteiger partial charge in [-0.15, -0.1) is 0 Å². The number of rotatable bonds is 6. The topological polar surface area (TPSA) is 189 Å². The molecular formula is C30H44N5O8P. The van der Waals surface area contributed by atoms with Crippen LogP contribution in [-0.2, 0) is 30.4 Å². The van der Waals surface area contributed by atoms with Gasteiger partial charge in [-0.25, -0.2) is 0 Å². The maximum absolute atomic E-state index is 13.6. The molecule has 0 aromatic heterocycles. The van der Waals surface area contributed by atoms with Gasteiger partial charge < -0.3 is 40.6 Å². The molecule has 1 aromatic carbocycles. The summed E-state index contributed by atoms with van der Waals surface area (Å²) < 4.78 is 0. The second-order valence-electron chi connectivity index (χ2n) is 11.7. The molecule has 0 saturated carbocycles. The number of carbonyl (C=O) groups excluding carboxylic acids is 5. The zero-order valence-corrected chi connectivity index (χ0v) is 26.0. The Bertz CT molecular complexity index is 1290. The summed E-state index contributed by atoms with van der Waals surface area (Å²) in [5.41, 5.74) is 0.670. The van der Waals surface area contributed by atoms with Crippen molar-refractivity contribution in [2.24, 2.45) is 0 Å². The molecule has 4 atom stereocenters. The highest BCUT2D eigenvalue weighted by Gasteiger charge is 2.40. The molecule has 3 aliphatic heterocycles. The first-order valence-corrected chi connectivity index (χ1v) is 17.3. The number of carbonyl (C=O) groups is 5. The van der Waals surface area contributed by atoms with Crippen LogP contribution < -0.4 is 16.0 Å². The number of aliphatic hydroxyl groups excluding tert-OH is 1. The SMILES string of the molecule is CCCC[C@H]1NC(=O)[C@H]2CCCN2C(=O)CCP(O)(O)=C(Cc2ccccc2)NC(=O)[C@H]2CCCN2C(=O)[C@@H](CO)NC1=O. The lowest BCUT2D eigenvalue weighted by Gasteiger charge is -2.31. The van der Waals surface area contributed by atoms with Crippen LogP contribution in [0.4, 0.5) is 0 Å². The molecule has 0 spiro atoms. The Morgan fingerprint density at radius 3 is 2.16 bits per heavy atom. The molecule has 0 bridgehead atoms. The number of hydrogen-bond acceptors (Lipinski definition) is 8. The number of amides is 5. The number of hydrogen-bond donors (Lipinski definition) is 6. The van der Waals surface area contributed by atoms with E-state index in [9.17, 15) is 38.9 Å². The first-order valence-electron chi connectivity index (χ1n) is 15.4. The minimum Gasteiger partial charge on any atom is -0.394 e. The van der Waals surface area contributed by atoms with E-state index in [2.05, 4.69) is 16.0 Å². The van der Waals surface area contributed by atoms with Crippen molar-refractivity contribution in [3.05, 3.63) is 35.9 Å². The molecule has 14 heteroatoms. The molecule has 13 nitrogen and oxygen atoms in total. The van der Waals surface area contributed by atoms with Crippen LogP contribution in [0, 0.1) is 0 Å². The number of aliphatic hydroxyl groups is 1. The Balaban J connectivity index is 1.71. The Kier molecular flexibility index (Phi) is 11.6. The predicted octanol–water partition coefficient (Wildman–Crippen LogP) is -0.155. The summed E-state index contributed by atoms with van der Waals surface area (Å²) in [6, 6.07) is 4.76. The molecule has 2 saturated heterocycles. The third-order valence-corrected chi connectivity index (χ3v) is 10.5. The number of fused-ring (bicyclic) bond motifs is 2. The summed E-state index contributed by atoms with van der Waals surface area (Å²) in [6.07, 6.45) is 2.80. The summed E-state index contributed by atoms with van der Waals surface area (Å²) in [6.45, 7) is 1.73. The van der Waals surface area contributed by atoms with E-state index in [1.165, 1.54) is 9.80 Å². The Labute approximate surface area is 257 Å². The molecular weight excluding hydrogens is 589 g/mol. The van der Waals surface area contributed by atoms with Crippen molar-refractivity contribution in [2.45, 2.75) is 88.9 Å². The Hall–Kier alpha value is -3.25. The molecule has 2 fully saturated rings. The highest BCUT2D eigenvalue weighted by Crippen LogP contribution is 2.41. The fourth-order valence-corrected chi connectivity index (χ4v) is 7.55. The first kappa shape index (κ1) is 33.6. The van der Waals surface area contributed by atoms with Crippen LogP contribution in [0.2, 0.25) is 0 Å². The number of unbranched alkanes of at least 4 members (excludes halogenated alkanes) is 1. The van der Waals surface area contributed by atoms with Gasteiger partial charge >= 0.3 is 0 Å². The monoisotopic (exact) mass is 633 g/mol. The van der Waals surface area contributed by atoms with Crippen LogP contribution in [0.3, 0.4) is 0 Å². The molecule has 0 aliphatic carbocycles. The highest BCUT2D eigenvalue weighted by atomic mass is 31.2. The lowest BCUT2D eigenvalue weighted by atomic mass is 10.1. The van der Waals surface area contributed by atoms with Gasteiger partial charge in [0.15, 0.2) is 0 Å². The molecule has 242 valence electrons. The van der Waals surface area contributed by atoms with Crippen molar-refractivity contribution in [3.63, 3.8) is 0 Å². The second-order valence-corrected chi connectivity index (χ2v) is 14.1. The summed E-state index contributed by atoms with van der Waals surface area (Å²) >= 11 is 0. The smallest absolute Gasteiger partial charge is 0.248 e. The van der Waals surface area contributed by atoms with E-state index in [0.29, 0.717) is 44.2 Å².